The predicted molar refractivity (Wildman–Crippen MR) is 86.1 cm³/mol. The van der Waals surface area contributed by atoms with Gasteiger partial charge in [-0.1, -0.05) is 22.0 Å². The summed E-state index contributed by atoms with van der Waals surface area (Å²) >= 11 is 9.42. The zero-order valence-corrected chi connectivity index (χ0v) is 13.8. The predicted octanol–water partition coefficient (Wildman–Crippen LogP) is 4.46. The molecule has 0 N–H and O–H groups in total. The summed E-state index contributed by atoms with van der Waals surface area (Å²) < 4.78 is 0.926. The molecule has 1 aromatic heterocycles. The normalized spacial score (nSPS) is 10.5. The molecular weight excluding hydrogens is 342 g/mol. The number of hydrogen-bond donors (Lipinski definition) is 1. The van der Waals surface area contributed by atoms with Gasteiger partial charge in [0.05, 0.1) is 12.1 Å². The van der Waals surface area contributed by atoms with E-state index in [0.717, 1.165) is 4.47 Å². The summed E-state index contributed by atoms with van der Waals surface area (Å²) in [6.07, 6.45) is 0. The van der Waals surface area contributed by atoms with Crippen LogP contribution in [0, 0.1) is 0 Å². The number of rotatable bonds is 4. The second kappa shape index (κ2) is 6.59. The lowest BCUT2D eigenvalue weighted by atomic mass is 10.2. The Morgan fingerprint density at radius 3 is 2.79 bits per heavy atom. The first-order valence-electron chi connectivity index (χ1n) is 5.92. The second-order valence-electron chi connectivity index (χ2n) is 4.06. The molecule has 2 nitrogen and oxygen atoms in total. The van der Waals surface area contributed by atoms with Crippen molar-refractivity contribution in [1.29, 1.82) is 0 Å². The smallest absolute Gasteiger partial charge is 0.255 e. The van der Waals surface area contributed by atoms with Gasteiger partial charge in [-0.05, 0) is 36.6 Å². The lowest BCUT2D eigenvalue weighted by molar-refractivity contribution is 0.0751. The summed E-state index contributed by atoms with van der Waals surface area (Å²) in [6, 6.07) is 9.57. The van der Waals surface area contributed by atoms with Crippen LogP contribution in [0.15, 0.2) is 45.1 Å². The highest BCUT2D eigenvalue weighted by molar-refractivity contribution is 9.10. The fourth-order valence-corrected chi connectivity index (χ4v) is 3.34. The van der Waals surface area contributed by atoms with Crippen LogP contribution < -0.4 is 0 Å². The Labute approximate surface area is 131 Å². The van der Waals surface area contributed by atoms with E-state index in [1.54, 1.807) is 11.3 Å². The topological polar surface area (TPSA) is 20.3 Å². The van der Waals surface area contributed by atoms with Crippen LogP contribution in [0.2, 0.25) is 0 Å². The van der Waals surface area contributed by atoms with Crippen molar-refractivity contribution in [2.24, 2.45) is 0 Å². The van der Waals surface area contributed by atoms with Gasteiger partial charge in [-0.2, -0.15) is 0 Å². The van der Waals surface area contributed by atoms with E-state index in [4.69, 9.17) is 0 Å². The zero-order chi connectivity index (χ0) is 13.8. The van der Waals surface area contributed by atoms with Crippen molar-refractivity contribution in [2.45, 2.75) is 18.4 Å². The maximum atomic E-state index is 12.5. The van der Waals surface area contributed by atoms with E-state index in [9.17, 15) is 4.79 Å². The first kappa shape index (κ1) is 14.6. The molecule has 0 spiro atoms. The third kappa shape index (κ3) is 3.61. The Balaban J connectivity index is 2.20. The highest BCUT2D eigenvalue weighted by Crippen LogP contribution is 2.22. The standard InChI is InChI=1S/C14H14BrNOS2/c1-2-16(9-11-4-3-7-19-11)14(17)12-6-5-10(15)8-13(12)18/h3-8,18H,2,9H2,1H3. The van der Waals surface area contributed by atoms with Crippen LogP contribution in [0.25, 0.3) is 0 Å². The number of carbonyl (C=O) groups excluding carboxylic acids is 1. The molecule has 0 bridgehead atoms. The van der Waals surface area contributed by atoms with E-state index in [1.165, 1.54) is 4.88 Å². The molecule has 2 aromatic rings. The van der Waals surface area contributed by atoms with E-state index in [-0.39, 0.29) is 5.91 Å². The van der Waals surface area contributed by atoms with Gasteiger partial charge in [0.25, 0.3) is 5.91 Å². The van der Waals surface area contributed by atoms with Gasteiger partial charge in [-0.15, -0.1) is 24.0 Å². The average molecular weight is 356 g/mol. The van der Waals surface area contributed by atoms with E-state index < -0.39 is 0 Å². The molecule has 5 heteroatoms. The maximum absolute atomic E-state index is 12.5. The first-order valence-corrected chi connectivity index (χ1v) is 8.04. The molecule has 0 unspecified atom stereocenters. The fraction of sp³-hybridized carbons (Fsp3) is 0.214. The van der Waals surface area contributed by atoms with Crippen molar-refractivity contribution >= 4 is 45.8 Å². The fourth-order valence-electron chi connectivity index (χ4n) is 1.77. The molecule has 0 aliphatic heterocycles. The van der Waals surface area contributed by atoms with E-state index in [0.29, 0.717) is 23.5 Å². The molecule has 0 radical (unpaired) electrons. The number of hydrogen-bond acceptors (Lipinski definition) is 3. The minimum Gasteiger partial charge on any atom is -0.334 e. The van der Waals surface area contributed by atoms with Crippen molar-refractivity contribution in [3.05, 3.63) is 50.6 Å². The number of thiophene rings is 1. The zero-order valence-electron chi connectivity index (χ0n) is 10.5. The van der Waals surface area contributed by atoms with Crippen LogP contribution in [0.5, 0.6) is 0 Å². The number of halogens is 1. The van der Waals surface area contributed by atoms with Gasteiger partial charge in [0, 0.05) is 20.8 Å². The Hall–Kier alpha value is -0.780. The Morgan fingerprint density at radius 2 is 2.21 bits per heavy atom. The molecule has 0 aliphatic carbocycles. The molecule has 19 heavy (non-hydrogen) atoms. The highest BCUT2D eigenvalue weighted by atomic mass is 79.9. The minimum absolute atomic E-state index is 0.0217. The van der Waals surface area contributed by atoms with Crippen molar-refractivity contribution in [3.8, 4) is 0 Å². The van der Waals surface area contributed by atoms with Crippen LogP contribution in [0.1, 0.15) is 22.2 Å². The summed E-state index contributed by atoms with van der Waals surface area (Å²) in [5, 5.41) is 2.03. The lowest BCUT2D eigenvalue weighted by Gasteiger charge is -2.21. The van der Waals surface area contributed by atoms with Crippen molar-refractivity contribution in [2.75, 3.05) is 6.54 Å². The molecule has 1 amide bonds. The average Bonchev–Trinajstić information content (AvgIpc) is 2.88. The van der Waals surface area contributed by atoms with Crippen LogP contribution in [0.3, 0.4) is 0 Å². The molecule has 0 saturated carbocycles. The van der Waals surface area contributed by atoms with Gasteiger partial charge in [0.15, 0.2) is 0 Å². The molecule has 1 heterocycles. The first-order chi connectivity index (χ1) is 9.11. The quantitative estimate of drug-likeness (QED) is 0.802. The molecule has 0 aliphatic rings. The molecule has 0 fully saturated rings. The maximum Gasteiger partial charge on any atom is 0.255 e. The summed E-state index contributed by atoms with van der Waals surface area (Å²) in [5.41, 5.74) is 0.643. The van der Waals surface area contributed by atoms with Gasteiger partial charge >= 0.3 is 0 Å². The lowest BCUT2D eigenvalue weighted by Crippen LogP contribution is -2.30. The third-order valence-electron chi connectivity index (χ3n) is 2.79. The van der Waals surface area contributed by atoms with Crippen molar-refractivity contribution in [1.82, 2.24) is 4.90 Å². The summed E-state index contributed by atoms with van der Waals surface area (Å²) in [4.78, 5) is 16.2. The minimum atomic E-state index is 0.0217. The van der Waals surface area contributed by atoms with Gasteiger partial charge in [-0.3, -0.25) is 4.79 Å². The molecule has 1 aromatic carbocycles. The van der Waals surface area contributed by atoms with E-state index >= 15 is 0 Å². The van der Waals surface area contributed by atoms with E-state index in [1.807, 2.05) is 47.5 Å². The second-order valence-corrected chi connectivity index (χ2v) is 6.49. The van der Waals surface area contributed by atoms with Crippen molar-refractivity contribution < 1.29 is 4.79 Å². The van der Waals surface area contributed by atoms with Gasteiger partial charge in [0.1, 0.15) is 0 Å². The summed E-state index contributed by atoms with van der Waals surface area (Å²) in [7, 11) is 0. The molecule has 0 saturated heterocycles. The Morgan fingerprint density at radius 1 is 1.42 bits per heavy atom. The largest absolute Gasteiger partial charge is 0.334 e. The Bertz CT molecular complexity index is 569. The number of amides is 1. The van der Waals surface area contributed by atoms with Crippen LogP contribution in [-0.2, 0) is 6.54 Å². The number of nitrogens with zero attached hydrogens (tertiary/aromatic N) is 1. The SMILES string of the molecule is CCN(Cc1cccs1)C(=O)c1ccc(Br)cc1S. The van der Waals surface area contributed by atoms with Crippen LogP contribution >= 0.6 is 39.9 Å². The summed E-state index contributed by atoms with van der Waals surface area (Å²) in [5.74, 6) is 0.0217. The van der Waals surface area contributed by atoms with Crippen LogP contribution in [0.4, 0.5) is 0 Å². The molecule has 2 rings (SSSR count). The number of thiol groups is 1. The highest BCUT2D eigenvalue weighted by Gasteiger charge is 2.17. The van der Waals surface area contributed by atoms with Crippen molar-refractivity contribution in [3.63, 3.8) is 0 Å². The molecule has 0 atom stereocenters. The van der Waals surface area contributed by atoms with Gasteiger partial charge in [0.2, 0.25) is 0 Å². The van der Waals surface area contributed by atoms with Gasteiger partial charge < -0.3 is 4.90 Å². The monoisotopic (exact) mass is 355 g/mol. The Kier molecular flexibility index (Phi) is 5.07. The molecule has 100 valence electrons. The summed E-state index contributed by atoms with van der Waals surface area (Å²) in [6.45, 7) is 3.32. The van der Waals surface area contributed by atoms with E-state index in [2.05, 4.69) is 28.6 Å². The number of benzene rings is 1. The van der Waals surface area contributed by atoms with Gasteiger partial charge in [-0.25, -0.2) is 0 Å². The third-order valence-corrected chi connectivity index (χ3v) is 4.51. The number of carbonyl (C=O) groups is 1. The van der Waals surface area contributed by atoms with Crippen LogP contribution in [-0.4, -0.2) is 17.4 Å². The molecular formula is C14H14BrNOS2.